The van der Waals surface area contributed by atoms with E-state index < -0.39 is 11.6 Å². The fraction of sp³-hybridized carbons (Fsp3) is 0.143. The molecular formula is C28H22N4O3. The zero-order valence-electron chi connectivity index (χ0n) is 18.8. The maximum Gasteiger partial charge on any atom is 0.405 e. The van der Waals surface area contributed by atoms with Gasteiger partial charge in [-0.2, -0.15) is 0 Å². The smallest absolute Gasteiger partial charge is 0.405 e. The number of aromatic nitrogens is 3. The van der Waals surface area contributed by atoms with E-state index in [0.29, 0.717) is 22.7 Å². The lowest BCUT2D eigenvalue weighted by Crippen LogP contribution is -2.50. The number of benzene rings is 2. The Bertz CT molecular complexity index is 1510. The third-order valence-corrected chi connectivity index (χ3v) is 6.64. The molecule has 0 atom stereocenters. The van der Waals surface area contributed by atoms with Crippen molar-refractivity contribution in [2.45, 2.75) is 24.8 Å². The van der Waals surface area contributed by atoms with Crippen molar-refractivity contribution in [3.05, 3.63) is 90.8 Å². The minimum absolute atomic E-state index is 0.450. The molecule has 3 heterocycles. The van der Waals surface area contributed by atoms with E-state index in [1.165, 1.54) is 0 Å². The molecule has 7 nitrogen and oxygen atoms in total. The third kappa shape index (κ3) is 3.71. The van der Waals surface area contributed by atoms with Crippen LogP contribution < -0.4 is 5.32 Å². The number of carboxylic acid groups (broad SMARTS) is 1. The molecule has 0 unspecified atom stereocenters. The molecule has 1 saturated carbocycles. The standard InChI is InChI=1S/C28H22N4O3/c33-27(34)32-28(14-6-15-28)20-12-10-19(11-13-20)25-23(18-7-2-1-3-8-18)24-26(35-25)30-17-22(31-24)21-9-4-5-16-29-21/h1-5,7-13,16-17,32H,6,14-15H2,(H,33,34). The molecule has 5 aromatic rings. The van der Waals surface area contributed by atoms with Gasteiger partial charge in [0.2, 0.25) is 5.71 Å². The fourth-order valence-corrected chi connectivity index (χ4v) is 4.75. The van der Waals surface area contributed by atoms with Gasteiger partial charge in [0.15, 0.2) is 0 Å². The van der Waals surface area contributed by atoms with E-state index in [9.17, 15) is 9.90 Å². The number of amides is 1. The van der Waals surface area contributed by atoms with Crippen molar-refractivity contribution in [1.29, 1.82) is 0 Å². The molecule has 172 valence electrons. The predicted molar refractivity (Wildman–Crippen MR) is 133 cm³/mol. The molecule has 0 bridgehead atoms. The van der Waals surface area contributed by atoms with Gasteiger partial charge in [0.05, 0.1) is 23.0 Å². The number of carbonyl (C=O) groups is 1. The van der Waals surface area contributed by atoms with Crippen LogP contribution in [0, 0.1) is 0 Å². The van der Waals surface area contributed by atoms with Crippen LogP contribution in [-0.4, -0.2) is 26.2 Å². The van der Waals surface area contributed by atoms with Crippen LogP contribution in [0.25, 0.3) is 45.1 Å². The van der Waals surface area contributed by atoms with Gasteiger partial charge >= 0.3 is 6.09 Å². The number of hydrogen-bond acceptors (Lipinski definition) is 5. The second-order valence-electron chi connectivity index (χ2n) is 8.74. The van der Waals surface area contributed by atoms with Gasteiger partial charge in [-0.15, -0.1) is 0 Å². The molecule has 1 aliphatic rings. The summed E-state index contributed by atoms with van der Waals surface area (Å²) in [7, 11) is 0. The van der Waals surface area contributed by atoms with Crippen LogP contribution in [-0.2, 0) is 5.54 Å². The highest BCUT2D eigenvalue weighted by atomic mass is 16.4. The lowest BCUT2D eigenvalue weighted by molar-refractivity contribution is 0.144. The van der Waals surface area contributed by atoms with Crippen molar-refractivity contribution in [2.75, 3.05) is 0 Å². The van der Waals surface area contributed by atoms with Gasteiger partial charge in [-0.25, -0.2) is 14.8 Å². The monoisotopic (exact) mass is 462 g/mol. The van der Waals surface area contributed by atoms with Crippen molar-refractivity contribution in [1.82, 2.24) is 20.3 Å². The number of hydrogen-bond donors (Lipinski definition) is 2. The molecule has 1 aliphatic carbocycles. The first-order valence-corrected chi connectivity index (χ1v) is 11.5. The van der Waals surface area contributed by atoms with Gasteiger partial charge in [-0.1, -0.05) is 60.7 Å². The summed E-state index contributed by atoms with van der Waals surface area (Å²) >= 11 is 0. The lowest BCUT2D eigenvalue weighted by atomic mass is 9.72. The van der Waals surface area contributed by atoms with Gasteiger partial charge in [0, 0.05) is 11.8 Å². The van der Waals surface area contributed by atoms with Crippen molar-refractivity contribution in [2.24, 2.45) is 0 Å². The summed E-state index contributed by atoms with van der Waals surface area (Å²) in [4.78, 5) is 25.2. The highest BCUT2D eigenvalue weighted by Crippen LogP contribution is 2.43. The van der Waals surface area contributed by atoms with Crippen LogP contribution in [0.5, 0.6) is 0 Å². The molecule has 0 aliphatic heterocycles. The fourth-order valence-electron chi connectivity index (χ4n) is 4.75. The first-order chi connectivity index (χ1) is 17.1. The second kappa shape index (κ2) is 8.36. The highest BCUT2D eigenvalue weighted by molar-refractivity contribution is 5.98. The summed E-state index contributed by atoms with van der Waals surface area (Å²) < 4.78 is 6.26. The van der Waals surface area contributed by atoms with E-state index in [1.807, 2.05) is 72.8 Å². The van der Waals surface area contributed by atoms with Crippen molar-refractivity contribution in [3.8, 4) is 33.8 Å². The number of rotatable bonds is 5. The minimum Gasteiger partial charge on any atom is -0.465 e. The molecule has 35 heavy (non-hydrogen) atoms. The molecule has 1 amide bonds. The Morgan fingerprint density at radius 1 is 0.886 bits per heavy atom. The summed E-state index contributed by atoms with van der Waals surface area (Å²) in [6.07, 6.45) is 4.99. The molecule has 3 aromatic heterocycles. The molecule has 0 spiro atoms. The summed E-state index contributed by atoms with van der Waals surface area (Å²) in [5.41, 5.74) is 5.68. The average molecular weight is 463 g/mol. The largest absolute Gasteiger partial charge is 0.465 e. The molecule has 2 aromatic carbocycles. The topological polar surface area (TPSA) is 101 Å². The Labute approximate surface area is 201 Å². The maximum absolute atomic E-state index is 11.4. The van der Waals surface area contributed by atoms with Gasteiger partial charge < -0.3 is 14.8 Å². The number of fused-ring (bicyclic) bond motifs is 1. The molecule has 6 rings (SSSR count). The van der Waals surface area contributed by atoms with E-state index in [2.05, 4.69) is 15.3 Å². The SMILES string of the molecule is O=C(O)NC1(c2ccc(-c3oc4ncc(-c5ccccn5)nc4c3-c3ccccc3)cc2)CCC1. The van der Waals surface area contributed by atoms with Gasteiger partial charge in [0.25, 0.3) is 0 Å². The van der Waals surface area contributed by atoms with E-state index in [0.717, 1.165) is 47.2 Å². The Morgan fingerprint density at radius 2 is 1.66 bits per heavy atom. The zero-order valence-corrected chi connectivity index (χ0v) is 18.8. The van der Waals surface area contributed by atoms with Gasteiger partial charge in [-0.05, 0) is 42.5 Å². The average Bonchev–Trinajstić information content (AvgIpc) is 3.26. The third-order valence-electron chi connectivity index (χ3n) is 6.64. The summed E-state index contributed by atoms with van der Waals surface area (Å²) in [5, 5.41) is 12.0. The molecule has 2 N–H and O–H groups in total. The van der Waals surface area contributed by atoms with Crippen LogP contribution in [0.15, 0.2) is 89.6 Å². The molecule has 7 heteroatoms. The van der Waals surface area contributed by atoms with Crippen LogP contribution in [0.4, 0.5) is 4.79 Å². The molecular weight excluding hydrogens is 440 g/mol. The second-order valence-corrected chi connectivity index (χ2v) is 8.74. The van der Waals surface area contributed by atoms with E-state index >= 15 is 0 Å². The quantitative estimate of drug-likeness (QED) is 0.319. The zero-order chi connectivity index (χ0) is 23.8. The summed E-state index contributed by atoms with van der Waals surface area (Å²) in [6, 6.07) is 23.6. The van der Waals surface area contributed by atoms with Gasteiger partial charge in [-0.3, -0.25) is 4.98 Å². The van der Waals surface area contributed by atoms with Crippen LogP contribution in [0.2, 0.25) is 0 Å². The molecule has 0 radical (unpaired) electrons. The minimum atomic E-state index is -1.00. The van der Waals surface area contributed by atoms with Crippen LogP contribution in [0.3, 0.4) is 0 Å². The van der Waals surface area contributed by atoms with Crippen molar-refractivity contribution in [3.63, 3.8) is 0 Å². The Kier molecular flexibility index (Phi) is 5.03. The van der Waals surface area contributed by atoms with Crippen LogP contribution in [0.1, 0.15) is 24.8 Å². The Balaban J connectivity index is 1.48. The predicted octanol–water partition coefficient (Wildman–Crippen LogP) is 6.27. The van der Waals surface area contributed by atoms with Crippen molar-refractivity contribution >= 4 is 17.3 Å². The molecule has 1 fully saturated rings. The summed E-state index contributed by atoms with van der Waals surface area (Å²) in [5.74, 6) is 0.671. The lowest BCUT2D eigenvalue weighted by Gasteiger charge is -2.42. The van der Waals surface area contributed by atoms with E-state index in [4.69, 9.17) is 9.40 Å². The van der Waals surface area contributed by atoms with E-state index in [1.54, 1.807) is 12.4 Å². The van der Waals surface area contributed by atoms with Crippen molar-refractivity contribution < 1.29 is 14.3 Å². The van der Waals surface area contributed by atoms with E-state index in [-0.39, 0.29) is 0 Å². The Morgan fingerprint density at radius 3 is 2.31 bits per heavy atom. The number of nitrogens with one attached hydrogen (secondary N) is 1. The highest BCUT2D eigenvalue weighted by Gasteiger charge is 2.40. The number of furan rings is 1. The summed E-state index contributed by atoms with van der Waals surface area (Å²) in [6.45, 7) is 0. The van der Waals surface area contributed by atoms with Gasteiger partial charge in [0.1, 0.15) is 17.0 Å². The number of pyridine rings is 1. The number of nitrogens with zero attached hydrogens (tertiary/aromatic N) is 3. The first kappa shape index (κ1) is 21.0. The maximum atomic E-state index is 11.4. The Hall–Kier alpha value is -4.52. The normalized spacial score (nSPS) is 14.4. The molecule has 0 saturated heterocycles. The van der Waals surface area contributed by atoms with Crippen LogP contribution >= 0.6 is 0 Å². The first-order valence-electron chi connectivity index (χ1n) is 11.5.